The minimum Gasteiger partial charge on any atom is -0.497 e. The molecule has 1 unspecified atom stereocenters. The van der Waals surface area contributed by atoms with E-state index in [4.69, 9.17) is 18.9 Å². The van der Waals surface area contributed by atoms with Gasteiger partial charge in [-0.15, -0.1) is 0 Å². The number of hydrogen-bond donors (Lipinski definition) is 0. The van der Waals surface area contributed by atoms with Crippen LogP contribution in [0, 0.1) is 12.8 Å². The van der Waals surface area contributed by atoms with Crippen LogP contribution >= 0.6 is 0 Å². The molecule has 2 heterocycles. The van der Waals surface area contributed by atoms with Gasteiger partial charge in [-0.25, -0.2) is 4.79 Å². The van der Waals surface area contributed by atoms with Gasteiger partial charge in [0.2, 0.25) is 5.79 Å². The van der Waals surface area contributed by atoms with Crippen LogP contribution in [-0.4, -0.2) is 18.9 Å². The second kappa shape index (κ2) is 8.09. The normalized spacial score (nSPS) is 25.8. The zero-order chi connectivity index (χ0) is 23.1. The maximum absolute atomic E-state index is 12.4. The quantitative estimate of drug-likeness (QED) is 0.487. The van der Waals surface area contributed by atoms with Crippen molar-refractivity contribution in [1.82, 2.24) is 0 Å². The van der Waals surface area contributed by atoms with Crippen LogP contribution in [0.2, 0.25) is 0 Å². The molecule has 3 atom stereocenters. The van der Waals surface area contributed by atoms with Crippen molar-refractivity contribution in [1.29, 1.82) is 0 Å². The first-order valence-corrected chi connectivity index (χ1v) is 11.0. The van der Waals surface area contributed by atoms with Gasteiger partial charge in [-0.3, -0.25) is 0 Å². The third-order valence-electron chi connectivity index (χ3n) is 6.39. The van der Waals surface area contributed by atoms with Crippen molar-refractivity contribution in [3.05, 3.63) is 113 Å². The molecule has 5 heteroatoms. The molecule has 2 aliphatic heterocycles. The topological polar surface area (TPSA) is 54.0 Å². The number of carbonyl (C=O) groups excluding carboxylic acids is 1. The molecule has 3 aromatic carbocycles. The Balaban J connectivity index is 1.57. The molecule has 5 nitrogen and oxygen atoms in total. The van der Waals surface area contributed by atoms with E-state index in [1.165, 1.54) is 11.6 Å². The van der Waals surface area contributed by atoms with Gasteiger partial charge in [-0.2, -0.15) is 0 Å². The van der Waals surface area contributed by atoms with Gasteiger partial charge in [0, 0.05) is 6.92 Å². The lowest BCUT2D eigenvalue weighted by atomic mass is 9.65. The van der Waals surface area contributed by atoms with Crippen LogP contribution < -0.4 is 4.74 Å². The summed E-state index contributed by atoms with van der Waals surface area (Å²) < 4.78 is 23.8. The molecule has 0 spiro atoms. The van der Waals surface area contributed by atoms with Gasteiger partial charge >= 0.3 is 5.97 Å². The number of hydrogen-bond acceptors (Lipinski definition) is 5. The first-order chi connectivity index (χ1) is 15.9. The zero-order valence-corrected chi connectivity index (χ0v) is 18.9. The summed E-state index contributed by atoms with van der Waals surface area (Å²) in [6.45, 7) is 4.19. The Hall–Kier alpha value is -3.57. The molecule has 1 saturated heterocycles. The van der Waals surface area contributed by atoms with Crippen LogP contribution in [0.1, 0.15) is 29.2 Å². The monoisotopic (exact) mass is 442 g/mol. The van der Waals surface area contributed by atoms with Crippen LogP contribution in [-0.2, 0) is 31.2 Å². The maximum Gasteiger partial charge on any atom is 0.336 e. The fourth-order valence-corrected chi connectivity index (χ4v) is 4.83. The highest BCUT2D eigenvalue weighted by molar-refractivity contribution is 5.84. The largest absolute Gasteiger partial charge is 0.497 e. The van der Waals surface area contributed by atoms with E-state index >= 15 is 0 Å². The summed E-state index contributed by atoms with van der Waals surface area (Å²) in [5.41, 5.74) is 3.22. The molecule has 1 fully saturated rings. The van der Waals surface area contributed by atoms with Crippen LogP contribution in [0.5, 0.6) is 5.75 Å². The van der Waals surface area contributed by atoms with Crippen molar-refractivity contribution >= 4 is 5.97 Å². The van der Waals surface area contributed by atoms with E-state index in [2.05, 4.69) is 0 Å². The van der Waals surface area contributed by atoms with Gasteiger partial charge in [-0.1, -0.05) is 72.3 Å². The van der Waals surface area contributed by atoms with Crippen LogP contribution in [0.3, 0.4) is 0 Å². The Labute approximate surface area is 193 Å². The lowest BCUT2D eigenvalue weighted by Crippen LogP contribution is -2.69. The van der Waals surface area contributed by atoms with E-state index in [0.29, 0.717) is 12.4 Å². The van der Waals surface area contributed by atoms with E-state index < -0.39 is 17.4 Å². The highest BCUT2D eigenvalue weighted by Gasteiger charge is 2.70. The fraction of sp³-hybridized carbons (Fsp3) is 0.250. The Kier molecular flexibility index (Phi) is 5.22. The third kappa shape index (κ3) is 3.58. The van der Waals surface area contributed by atoms with Crippen molar-refractivity contribution < 1.29 is 23.7 Å². The molecule has 0 bridgehead atoms. The molecule has 0 radical (unpaired) electrons. The highest BCUT2D eigenvalue weighted by atomic mass is 16.8. The van der Waals surface area contributed by atoms with E-state index in [1.807, 2.05) is 85.8 Å². The van der Waals surface area contributed by atoms with Gasteiger partial charge < -0.3 is 18.9 Å². The second-order valence-corrected chi connectivity index (χ2v) is 8.62. The molecule has 168 valence electrons. The molecule has 33 heavy (non-hydrogen) atoms. The average molecular weight is 443 g/mol. The van der Waals surface area contributed by atoms with Crippen LogP contribution in [0.25, 0.3) is 0 Å². The average Bonchev–Trinajstić information content (AvgIpc) is 2.82. The molecule has 2 aliphatic rings. The first kappa shape index (κ1) is 21.3. The minimum atomic E-state index is -1.13. The van der Waals surface area contributed by atoms with Crippen molar-refractivity contribution in [2.24, 2.45) is 5.92 Å². The Morgan fingerprint density at radius 1 is 0.909 bits per heavy atom. The summed E-state index contributed by atoms with van der Waals surface area (Å²) in [6.07, 6.45) is 1.45. The predicted octanol–water partition coefficient (Wildman–Crippen LogP) is 5.27. The summed E-state index contributed by atoms with van der Waals surface area (Å²) in [7, 11) is 1.64. The molecule has 3 aromatic rings. The lowest BCUT2D eigenvalue weighted by molar-refractivity contribution is -0.396. The zero-order valence-electron chi connectivity index (χ0n) is 18.9. The number of fused-ring (bicyclic) bond motifs is 1. The predicted molar refractivity (Wildman–Crippen MR) is 123 cm³/mol. The summed E-state index contributed by atoms with van der Waals surface area (Å²) in [5.74, 6) is -0.650. The van der Waals surface area contributed by atoms with Gasteiger partial charge in [-0.05, 0) is 35.7 Å². The lowest BCUT2D eigenvalue weighted by Gasteiger charge is -2.61. The number of carbonyl (C=O) groups is 1. The van der Waals surface area contributed by atoms with Gasteiger partial charge in [0.1, 0.15) is 29.6 Å². The highest BCUT2D eigenvalue weighted by Crippen LogP contribution is 2.62. The Morgan fingerprint density at radius 3 is 2.24 bits per heavy atom. The smallest absolute Gasteiger partial charge is 0.336 e. The number of rotatable bonds is 6. The first-order valence-electron chi connectivity index (χ1n) is 11.0. The van der Waals surface area contributed by atoms with Crippen molar-refractivity contribution in [2.45, 2.75) is 31.8 Å². The summed E-state index contributed by atoms with van der Waals surface area (Å²) in [4.78, 5) is 12.4. The second-order valence-electron chi connectivity index (χ2n) is 8.62. The Morgan fingerprint density at radius 2 is 1.58 bits per heavy atom. The minimum absolute atomic E-state index is 0.347. The van der Waals surface area contributed by atoms with Gasteiger partial charge in [0.15, 0.2) is 0 Å². The standard InChI is InChI=1S/C28H26O5/c1-19-9-11-20(12-10-19)18-31-24-17-25(29)32-27(2)26(24)28(33-27,21-7-5-4-6-8-21)22-13-15-23(30-3)16-14-22/h4-17,26H,18H2,1-3H3/t26-,27-,28?/m1/s1. The molecule has 0 N–H and O–H groups in total. The van der Waals surface area contributed by atoms with Crippen LogP contribution in [0.15, 0.2) is 90.7 Å². The molecule has 5 rings (SSSR count). The van der Waals surface area contributed by atoms with Crippen molar-refractivity contribution in [2.75, 3.05) is 7.11 Å². The molecule has 0 aromatic heterocycles. The van der Waals surface area contributed by atoms with E-state index in [1.54, 1.807) is 14.0 Å². The van der Waals surface area contributed by atoms with Crippen molar-refractivity contribution in [3.63, 3.8) is 0 Å². The number of ether oxygens (including phenoxy) is 4. The molecule has 0 saturated carbocycles. The van der Waals surface area contributed by atoms with Crippen LogP contribution in [0.4, 0.5) is 0 Å². The summed E-state index contributed by atoms with van der Waals surface area (Å²) in [5, 5.41) is 0. The Bertz CT molecular complexity index is 1180. The number of benzene rings is 3. The van der Waals surface area contributed by atoms with E-state index in [9.17, 15) is 4.79 Å². The van der Waals surface area contributed by atoms with E-state index in [-0.39, 0.29) is 5.92 Å². The SMILES string of the molecule is COc1ccc(C2(c3ccccc3)O[C@@]3(C)OC(=O)C=C(OCc4ccc(C)cc4)[C@@H]23)cc1. The molecular formula is C28H26O5. The number of aryl methyl sites for hydroxylation is 1. The molecule has 0 amide bonds. The molecular weight excluding hydrogens is 416 g/mol. The fourth-order valence-electron chi connectivity index (χ4n) is 4.83. The molecule has 0 aliphatic carbocycles. The number of esters is 1. The summed E-state index contributed by atoms with van der Waals surface area (Å²) >= 11 is 0. The van der Waals surface area contributed by atoms with E-state index in [0.717, 1.165) is 22.4 Å². The number of methoxy groups -OCH3 is 1. The third-order valence-corrected chi connectivity index (χ3v) is 6.39. The maximum atomic E-state index is 12.4. The van der Waals surface area contributed by atoms with Crippen molar-refractivity contribution in [3.8, 4) is 5.75 Å². The van der Waals surface area contributed by atoms with Gasteiger partial charge in [0.05, 0.1) is 13.2 Å². The summed E-state index contributed by atoms with van der Waals surface area (Å²) in [6, 6.07) is 25.9. The van der Waals surface area contributed by atoms with Gasteiger partial charge in [0.25, 0.3) is 0 Å².